The fraction of sp³-hybridized carbons (Fsp3) is 0.273. The average molecular weight is 224 g/mol. The van der Waals surface area contributed by atoms with Gasteiger partial charge in [-0.1, -0.05) is 12.1 Å². The summed E-state index contributed by atoms with van der Waals surface area (Å²) in [6, 6.07) is 5.77. The standard InChI is InChI=1S/C11H13FN2O2/c1-2-16-8-11(15)14-13-7-9-3-5-10(12)6-4-9/h3-7H,2,8H2,1H3,(H,14,15)/b13-7+. The van der Waals surface area contributed by atoms with Gasteiger partial charge in [0.15, 0.2) is 0 Å². The second kappa shape index (κ2) is 6.68. The Morgan fingerprint density at radius 1 is 1.50 bits per heavy atom. The Morgan fingerprint density at radius 3 is 2.81 bits per heavy atom. The lowest BCUT2D eigenvalue weighted by molar-refractivity contribution is -0.125. The van der Waals surface area contributed by atoms with E-state index in [1.54, 1.807) is 19.1 Å². The molecule has 16 heavy (non-hydrogen) atoms. The normalized spacial score (nSPS) is 10.6. The maximum atomic E-state index is 12.5. The number of hydrogen-bond donors (Lipinski definition) is 1. The van der Waals surface area contributed by atoms with Crippen molar-refractivity contribution in [2.24, 2.45) is 5.10 Å². The summed E-state index contributed by atoms with van der Waals surface area (Å²) in [5.74, 6) is -0.627. The van der Waals surface area contributed by atoms with Crippen molar-refractivity contribution in [2.75, 3.05) is 13.2 Å². The lowest BCUT2D eigenvalue weighted by atomic mass is 10.2. The van der Waals surface area contributed by atoms with Crippen LogP contribution >= 0.6 is 0 Å². The number of nitrogens with one attached hydrogen (secondary N) is 1. The Labute approximate surface area is 93.1 Å². The third-order valence-electron chi connectivity index (χ3n) is 1.71. The first kappa shape index (κ1) is 12.3. The van der Waals surface area contributed by atoms with Gasteiger partial charge in [-0.15, -0.1) is 0 Å². The highest BCUT2D eigenvalue weighted by atomic mass is 19.1. The summed E-state index contributed by atoms with van der Waals surface area (Å²) in [7, 11) is 0. The van der Waals surface area contributed by atoms with Crippen LogP contribution in [0.2, 0.25) is 0 Å². The molecule has 0 atom stereocenters. The Morgan fingerprint density at radius 2 is 2.19 bits per heavy atom. The number of hydrazone groups is 1. The van der Waals surface area contributed by atoms with Crippen molar-refractivity contribution in [3.05, 3.63) is 35.6 Å². The van der Waals surface area contributed by atoms with Gasteiger partial charge in [0.05, 0.1) is 6.21 Å². The van der Waals surface area contributed by atoms with Gasteiger partial charge >= 0.3 is 0 Å². The maximum absolute atomic E-state index is 12.5. The monoisotopic (exact) mass is 224 g/mol. The molecule has 1 aromatic rings. The fourth-order valence-electron chi connectivity index (χ4n) is 0.955. The summed E-state index contributed by atoms with van der Waals surface area (Å²) in [5.41, 5.74) is 3.00. The highest BCUT2D eigenvalue weighted by Crippen LogP contribution is 1.99. The van der Waals surface area contributed by atoms with E-state index in [4.69, 9.17) is 4.74 Å². The number of carbonyl (C=O) groups excluding carboxylic acids is 1. The summed E-state index contributed by atoms with van der Waals surface area (Å²) < 4.78 is 17.4. The van der Waals surface area contributed by atoms with E-state index in [0.29, 0.717) is 12.2 Å². The Balaban J connectivity index is 2.37. The molecule has 0 aromatic heterocycles. The molecule has 1 N–H and O–H groups in total. The summed E-state index contributed by atoms with van der Waals surface area (Å²) in [4.78, 5) is 11.0. The lowest BCUT2D eigenvalue weighted by Crippen LogP contribution is -2.22. The molecule has 0 radical (unpaired) electrons. The molecular formula is C11H13FN2O2. The van der Waals surface area contributed by atoms with E-state index in [1.165, 1.54) is 18.3 Å². The second-order valence-electron chi connectivity index (χ2n) is 2.98. The van der Waals surface area contributed by atoms with E-state index in [2.05, 4.69) is 10.5 Å². The van der Waals surface area contributed by atoms with E-state index >= 15 is 0 Å². The molecule has 0 heterocycles. The molecule has 4 nitrogen and oxygen atoms in total. The fourth-order valence-corrected chi connectivity index (χ4v) is 0.955. The van der Waals surface area contributed by atoms with Crippen LogP contribution in [0.3, 0.4) is 0 Å². The van der Waals surface area contributed by atoms with Crippen molar-refractivity contribution in [1.29, 1.82) is 0 Å². The minimum absolute atomic E-state index is 0.0166. The van der Waals surface area contributed by atoms with E-state index in [1.807, 2.05) is 0 Å². The topological polar surface area (TPSA) is 50.7 Å². The third kappa shape index (κ3) is 4.65. The predicted molar refractivity (Wildman–Crippen MR) is 58.6 cm³/mol. The predicted octanol–water partition coefficient (Wildman–Crippen LogP) is 1.31. The zero-order valence-corrected chi connectivity index (χ0v) is 8.94. The van der Waals surface area contributed by atoms with Gasteiger partial charge in [-0.2, -0.15) is 5.10 Å². The molecule has 0 aliphatic heterocycles. The van der Waals surface area contributed by atoms with E-state index in [-0.39, 0.29) is 18.3 Å². The molecule has 1 amide bonds. The highest BCUT2D eigenvalue weighted by molar-refractivity contribution is 5.82. The number of nitrogens with zero attached hydrogens (tertiary/aromatic N) is 1. The Bertz CT molecular complexity index is 363. The van der Waals surface area contributed by atoms with Crippen molar-refractivity contribution in [3.63, 3.8) is 0 Å². The van der Waals surface area contributed by atoms with Crippen LogP contribution < -0.4 is 5.43 Å². The van der Waals surface area contributed by atoms with Crippen LogP contribution in [0.5, 0.6) is 0 Å². The SMILES string of the molecule is CCOCC(=O)N/N=C/c1ccc(F)cc1. The molecule has 0 fully saturated rings. The second-order valence-corrected chi connectivity index (χ2v) is 2.98. The summed E-state index contributed by atoms with van der Waals surface area (Å²) >= 11 is 0. The number of ether oxygens (including phenoxy) is 1. The van der Waals surface area contributed by atoms with Crippen molar-refractivity contribution in [2.45, 2.75) is 6.92 Å². The van der Waals surface area contributed by atoms with E-state index in [0.717, 1.165) is 0 Å². The van der Waals surface area contributed by atoms with Gasteiger partial charge in [0, 0.05) is 6.61 Å². The zero-order chi connectivity index (χ0) is 11.8. The first-order valence-corrected chi connectivity index (χ1v) is 4.87. The van der Waals surface area contributed by atoms with Crippen molar-refractivity contribution >= 4 is 12.1 Å². The minimum atomic E-state index is -0.319. The molecule has 0 aliphatic carbocycles. The van der Waals surface area contributed by atoms with Gasteiger partial charge < -0.3 is 4.74 Å². The summed E-state index contributed by atoms with van der Waals surface area (Å²) in [6.07, 6.45) is 1.43. The Kier molecular flexibility index (Phi) is 5.15. The number of benzene rings is 1. The number of carbonyl (C=O) groups is 1. The molecule has 0 spiro atoms. The summed E-state index contributed by atoms with van der Waals surface area (Å²) in [5, 5.41) is 3.70. The smallest absolute Gasteiger partial charge is 0.266 e. The molecule has 0 bridgehead atoms. The van der Waals surface area contributed by atoms with Crippen molar-refractivity contribution in [3.8, 4) is 0 Å². The lowest BCUT2D eigenvalue weighted by Gasteiger charge is -1.98. The summed E-state index contributed by atoms with van der Waals surface area (Å²) in [6.45, 7) is 2.27. The van der Waals surface area contributed by atoms with Gasteiger partial charge in [0.2, 0.25) is 0 Å². The molecule has 0 saturated heterocycles. The van der Waals surface area contributed by atoms with Crippen molar-refractivity contribution < 1.29 is 13.9 Å². The number of rotatable bonds is 5. The van der Waals surface area contributed by atoms with Crippen LogP contribution in [-0.2, 0) is 9.53 Å². The van der Waals surface area contributed by atoms with Gasteiger partial charge in [0.1, 0.15) is 12.4 Å². The van der Waals surface area contributed by atoms with Crippen LogP contribution in [0, 0.1) is 5.82 Å². The molecule has 5 heteroatoms. The average Bonchev–Trinajstić information content (AvgIpc) is 2.29. The Hall–Kier alpha value is -1.75. The van der Waals surface area contributed by atoms with E-state index < -0.39 is 0 Å². The number of halogens is 1. The highest BCUT2D eigenvalue weighted by Gasteiger charge is 1.96. The molecule has 0 aliphatic rings. The van der Waals surface area contributed by atoms with E-state index in [9.17, 15) is 9.18 Å². The van der Waals surface area contributed by atoms with Gasteiger partial charge in [-0.25, -0.2) is 9.82 Å². The first-order valence-electron chi connectivity index (χ1n) is 4.87. The molecule has 0 saturated carbocycles. The number of hydrogen-bond acceptors (Lipinski definition) is 3. The quantitative estimate of drug-likeness (QED) is 0.605. The van der Waals surface area contributed by atoms with Gasteiger partial charge in [-0.3, -0.25) is 4.79 Å². The molecule has 1 rings (SSSR count). The van der Waals surface area contributed by atoms with Crippen LogP contribution in [-0.4, -0.2) is 25.3 Å². The maximum Gasteiger partial charge on any atom is 0.266 e. The zero-order valence-electron chi connectivity index (χ0n) is 8.94. The molecule has 0 unspecified atom stereocenters. The van der Waals surface area contributed by atoms with Crippen LogP contribution in [0.25, 0.3) is 0 Å². The van der Waals surface area contributed by atoms with Crippen LogP contribution in [0.4, 0.5) is 4.39 Å². The minimum Gasteiger partial charge on any atom is -0.372 e. The number of amides is 1. The van der Waals surface area contributed by atoms with Crippen LogP contribution in [0.1, 0.15) is 12.5 Å². The molecule has 1 aromatic carbocycles. The molecular weight excluding hydrogens is 211 g/mol. The van der Waals surface area contributed by atoms with Gasteiger partial charge in [-0.05, 0) is 24.6 Å². The van der Waals surface area contributed by atoms with Gasteiger partial charge in [0.25, 0.3) is 5.91 Å². The third-order valence-corrected chi connectivity index (χ3v) is 1.71. The van der Waals surface area contributed by atoms with Crippen LogP contribution in [0.15, 0.2) is 29.4 Å². The first-order chi connectivity index (χ1) is 7.72. The largest absolute Gasteiger partial charge is 0.372 e. The molecule has 86 valence electrons. The van der Waals surface area contributed by atoms with Crippen molar-refractivity contribution in [1.82, 2.24) is 5.43 Å².